The topological polar surface area (TPSA) is 59.0 Å². The van der Waals surface area contributed by atoms with E-state index in [2.05, 4.69) is 6.07 Å². The first-order chi connectivity index (χ1) is 14.4. The van der Waals surface area contributed by atoms with Crippen LogP contribution in [0.1, 0.15) is 42.0 Å². The highest BCUT2D eigenvalue weighted by Gasteiger charge is 2.44. The molecule has 5 nitrogen and oxygen atoms in total. The molecule has 0 N–H and O–H groups in total. The summed E-state index contributed by atoms with van der Waals surface area (Å²) in [5, 5.41) is 2.04. The third kappa shape index (κ3) is 3.60. The number of anilines is 1. The van der Waals surface area contributed by atoms with Crippen molar-refractivity contribution in [2.45, 2.75) is 31.6 Å². The predicted molar refractivity (Wildman–Crippen MR) is 120 cm³/mol. The van der Waals surface area contributed by atoms with Gasteiger partial charge in [-0.3, -0.25) is 14.6 Å². The molecule has 0 saturated heterocycles. The number of thiophene rings is 1. The number of methoxy groups -OCH3 is 1. The summed E-state index contributed by atoms with van der Waals surface area (Å²) in [6.45, 7) is 1.87. The van der Waals surface area contributed by atoms with Gasteiger partial charge in [0.15, 0.2) is 5.78 Å². The van der Waals surface area contributed by atoms with Crippen LogP contribution in [0.4, 0.5) is 5.69 Å². The molecule has 2 aromatic rings. The summed E-state index contributed by atoms with van der Waals surface area (Å²) in [7, 11) is 5.36. The Kier molecular flexibility index (Phi) is 5.60. The lowest BCUT2D eigenvalue weighted by Crippen LogP contribution is -2.37. The summed E-state index contributed by atoms with van der Waals surface area (Å²) < 4.78 is 5.11. The Morgan fingerprint density at radius 2 is 1.90 bits per heavy atom. The zero-order valence-electron chi connectivity index (χ0n) is 17.7. The van der Waals surface area contributed by atoms with E-state index in [4.69, 9.17) is 9.73 Å². The SMILES string of the molecule is COC(=O)C1C(C)=NC2=C(C(=O)C[C@H](c3cccs3)C2)[C@H]1c1ccc(N(C)C)cc1. The van der Waals surface area contributed by atoms with Crippen molar-refractivity contribution in [2.75, 3.05) is 26.1 Å². The minimum Gasteiger partial charge on any atom is -0.468 e. The maximum atomic E-state index is 13.4. The monoisotopic (exact) mass is 422 g/mol. The van der Waals surface area contributed by atoms with E-state index in [9.17, 15) is 9.59 Å². The number of aliphatic imine (C=N–C) groups is 1. The first kappa shape index (κ1) is 20.5. The summed E-state index contributed by atoms with van der Waals surface area (Å²) in [6.07, 6.45) is 1.17. The van der Waals surface area contributed by atoms with Gasteiger partial charge in [-0.2, -0.15) is 0 Å². The van der Waals surface area contributed by atoms with Gasteiger partial charge in [0, 0.05) is 59.9 Å². The molecule has 3 atom stereocenters. The minimum atomic E-state index is -0.582. The number of hydrogen-bond donors (Lipinski definition) is 0. The average molecular weight is 423 g/mol. The third-order valence-electron chi connectivity index (χ3n) is 6.06. The predicted octanol–water partition coefficient (Wildman–Crippen LogP) is 4.56. The zero-order chi connectivity index (χ0) is 21.4. The lowest BCUT2D eigenvalue weighted by Gasteiger charge is -2.36. The molecule has 0 bridgehead atoms. The Bertz CT molecular complexity index is 1020. The van der Waals surface area contributed by atoms with Crippen LogP contribution < -0.4 is 4.90 Å². The number of allylic oxidation sites excluding steroid dienone is 2. The van der Waals surface area contributed by atoms with Crippen LogP contribution in [-0.2, 0) is 14.3 Å². The Morgan fingerprint density at radius 1 is 1.17 bits per heavy atom. The van der Waals surface area contributed by atoms with E-state index in [-0.39, 0.29) is 23.6 Å². The summed E-state index contributed by atoms with van der Waals surface area (Å²) >= 11 is 1.68. The van der Waals surface area contributed by atoms with Crippen LogP contribution in [0.3, 0.4) is 0 Å². The van der Waals surface area contributed by atoms with Crippen LogP contribution in [0.25, 0.3) is 0 Å². The average Bonchev–Trinajstić information content (AvgIpc) is 3.27. The van der Waals surface area contributed by atoms with E-state index in [1.54, 1.807) is 11.3 Å². The quantitative estimate of drug-likeness (QED) is 0.678. The Balaban J connectivity index is 1.80. The van der Waals surface area contributed by atoms with Crippen molar-refractivity contribution in [3.63, 3.8) is 0 Å². The molecule has 1 aliphatic heterocycles. The first-order valence-electron chi connectivity index (χ1n) is 10.1. The molecule has 0 spiro atoms. The molecular formula is C24H26N2O3S. The number of carbonyl (C=O) groups excluding carboxylic acids is 2. The Labute approximate surface area is 181 Å². The summed E-state index contributed by atoms with van der Waals surface area (Å²) in [6, 6.07) is 12.2. The fraction of sp³-hybridized carbons (Fsp3) is 0.375. The molecule has 156 valence electrons. The van der Waals surface area contributed by atoms with Gasteiger partial charge in [-0.15, -0.1) is 11.3 Å². The minimum absolute atomic E-state index is 0.0847. The third-order valence-corrected chi connectivity index (χ3v) is 7.09. The van der Waals surface area contributed by atoms with Crippen LogP contribution in [-0.4, -0.2) is 38.7 Å². The number of carbonyl (C=O) groups is 2. The molecule has 0 fully saturated rings. The van der Waals surface area contributed by atoms with Gasteiger partial charge in [0.2, 0.25) is 0 Å². The van der Waals surface area contributed by atoms with E-state index in [1.165, 1.54) is 12.0 Å². The zero-order valence-corrected chi connectivity index (χ0v) is 18.5. The smallest absolute Gasteiger partial charge is 0.315 e. The second kappa shape index (κ2) is 8.19. The van der Waals surface area contributed by atoms with Crippen molar-refractivity contribution in [3.8, 4) is 0 Å². The molecule has 2 aliphatic rings. The Morgan fingerprint density at radius 3 is 2.50 bits per heavy atom. The number of rotatable bonds is 4. The van der Waals surface area contributed by atoms with Crippen LogP contribution in [0, 0.1) is 5.92 Å². The van der Waals surface area contributed by atoms with Gasteiger partial charge in [0.25, 0.3) is 0 Å². The normalized spacial score (nSPS) is 23.7. The number of ketones is 1. The van der Waals surface area contributed by atoms with Crippen LogP contribution in [0.5, 0.6) is 0 Å². The maximum absolute atomic E-state index is 13.4. The molecule has 1 aromatic carbocycles. The molecule has 0 amide bonds. The fourth-order valence-corrected chi connectivity index (χ4v) is 5.39. The van der Waals surface area contributed by atoms with Gasteiger partial charge in [-0.05, 0) is 42.5 Å². The molecule has 1 unspecified atom stereocenters. The van der Waals surface area contributed by atoms with Gasteiger partial charge in [0.05, 0.1) is 7.11 Å². The largest absolute Gasteiger partial charge is 0.468 e. The number of Topliss-reactive ketones (excluding diaryl/α,β-unsaturated/α-hetero) is 1. The van der Waals surface area contributed by atoms with E-state index < -0.39 is 5.92 Å². The van der Waals surface area contributed by atoms with Gasteiger partial charge in [-0.1, -0.05) is 18.2 Å². The number of benzene rings is 1. The van der Waals surface area contributed by atoms with Gasteiger partial charge in [0.1, 0.15) is 5.92 Å². The highest BCUT2D eigenvalue weighted by atomic mass is 32.1. The highest BCUT2D eigenvalue weighted by Crippen LogP contribution is 2.47. The number of esters is 1. The second-order valence-corrected chi connectivity index (χ2v) is 9.10. The van der Waals surface area contributed by atoms with Crippen molar-refractivity contribution >= 4 is 34.5 Å². The van der Waals surface area contributed by atoms with Crippen molar-refractivity contribution in [2.24, 2.45) is 10.9 Å². The van der Waals surface area contributed by atoms with Gasteiger partial charge >= 0.3 is 5.97 Å². The summed E-state index contributed by atoms with van der Waals surface area (Å²) in [4.78, 5) is 34.1. The van der Waals surface area contributed by atoms with Crippen molar-refractivity contribution in [1.82, 2.24) is 0 Å². The van der Waals surface area contributed by atoms with Gasteiger partial charge < -0.3 is 9.64 Å². The van der Waals surface area contributed by atoms with E-state index in [0.29, 0.717) is 17.7 Å². The van der Waals surface area contributed by atoms with Crippen molar-refractivity contribution < 1.29 is 14.3 Å². The van der Waals surface area contributed by atoms with Crippen LogP contribution in [0.2, 0.25) is 0 Å². The van der Waals surface area contributed by atoms with E-state index in [0.717, 1.165) is 23.4 Å². The summed E-state index contributed by atoms with van der Waals surface area (Å²) in [5.74, 6) is -1.06. The highest BCUT2D eigenvalue weighted by molar-refractivity contribution is 7.10. The van der Waals surface area contributed by atoms with E-state index >= 15 is 0 Å². The number of nitrogens with zero attached hydrogens (tertiary/aromatic N) is 2. The molecule has 2 heterocycles. The molecule has 30 heavy (non-hydrogen) atoms. The number of hydrogen-bond acceptors (Lipinski definition) is 6. The van der Waals surface area contributed by atoms with Crippen molar-refractivity contribution in [3.05, 3.63) is 63.5 Å². The molecule has 0 saturated carbocycles. The summed E-state index contributed by atoms with van der Waals surface area (Å²) in [5.41, 5.74) is 4.23. The molecule has 6 heteroatoms. The first-order valence-corrected chi connectivity index (χ1v) is 11.0. The van der Waals surface area contributed by atoms with E-state index in [1.807, 2.05) is 61.6 Å². The van der Waals surface area contributed by atoms with Gasteiger partial charge in [-0.25, -0.2) is 0 Å². The fourth-order valence-electron chi connectivity index (χ4n) is 4.56. The lowest BCUT2D eigenvalue weighted by molar-refractivity contribution is -0.143. The molecular weight excluding hydrogens is 396 g/mol. The molecule has 1 aliphatic carbocycles. The molecule has 1 aromatic heterocycles. The van der Waals surface area contributed by atoms with Crippen LogP contribution >= 0.6 is 11.3 Å². The molecule has 0 radical (unpaired) electrons. The second-order valence-electron chi connectivity index (χ2n) is 8.12. The van der Waals surface area contributed by atoms with Crippen molar-refractivity contribution in [1.29, 1.82) is 0 Å². The standard InChI is InChI=1S/C24H26N2O3S/c1-14-21(24(28)29-4)22(15-7-9-17(10-8-15)26(2)3)23-18(25-14)12-16(13-19(23)27)20-6-5-11-30-20/h5-11,16,21-22H,12-13H2,1-4H3/t16-,21?,22+/m1/s1. The lowest BCUT2D eigenvalue weighted by atomic mass is 9.70. The maximum Gasteiger partial charge on any atom is 0.315 e. The number of ether oxygens (including phenoxy) is 1. The molecule has 4 rings (SSSR count). The Hall–Kier alpha value is -2.73. The van der Waals surface area contributed by atoms with Crippen LogP contribution in [0.15, 0.2) is 58.0 Å².